The highest BCUT2D eigenvalue weighted by atomic mass is 32.2. The first-order valence-electron chi connectivity index (χ1n) is 9.32. The van der Waals surface area contributed by atoms with Crippen molar-refractivity contribution < 1.29 is 9.18 Å². The highest BCUT2D eigenvalue weighted by Crippen LogP contribution is 2.38. The maximum absolute atomic E-state index is 14.2. The molecule has 2 aromatic rings. The summed E-state index contributed by atoms with van der Waals surface area (Å²) in [4.78, 5) is 19.4. The molecule has 2 aliphatic heterocycles. The first-order chi connectivity index (χ1) is 13.2. The lowest BCUT2D eigenvalue weighted by Gasteiger charge is -2.35. The number of halogens is 1. The number of carbonyl (C=O) groups is 1. The van der Waals surface area contributed by atoms with Crippen LogP contribution in [-0.4, -0.2) is 65.6 Å². The maximum Gasteiger partial charge on any atom is 0.237 e. The number of thiophene rings is 1. The van der Waals surface area contributed by atoms with Crippen LogP contribution in [-0.2, 0) is 11.3 Å². The number of carbonyl (C=O) groups excluding carboxylic acids is 1. The monoisotopic (exact) mass is 405 g/mol. The second-order valence-corrected chi connectivity index (χ2v) is 8.98. The molecule has 3 heterocycles. The van der Waals surface area contributed by atoms with Crippen LogP contribution in [0.4, 0.5) is 4.39 Å². The molecule has 144 valence electrons. The molecule has 2 aliphatic rings. The van der Waals surface area contributed by atoms with Crippen molar-refractivity contribution in [3.63, 3.8) is 0 Å². The van der Waals surface area contributed by atoms with Gasteiger partial charge in [-0.3, -0.25) is 14.6 Å². The van der Waals surface area contributed by atoms with Crippen molar-refractivity contribution in [3.05, 3.63) is 58.0 Å². The van der Waals surface area contributed by atoms with Crippen molar-refractivity contribution in [1.29, 1.82) is 0 Å². The number of rotatable bonds is 5. The van der Waals surface area contributed by atoms with Crippen LogP contribution in [0, 0.1) is 5.82 Å². The standard InChI is InChI=1S/C20H24FN3OS2/c21-18-4-2-1-3-17(18)20-24(10-12-27-20)19(25)14-23-8-6-22(7-9-23)13-16-5-11-26-15-16/h1-5,11,15,20H,6-10,12-14H2/t20-/m1/s1. The molecule has 0 N–H and O–H groups in total. The molecule has 1 aromatic heterocycles. The highest BCUT2D eigenvalue weighted by molar-refractivity contribution is 7.99. The zero-order chi connectivity index (χ0) is 18.6. The van der Waals surface area contributed by atoms with Crippen LogP contribution < -0.4 is 0 Å². The maximum atomic E-state index is 14.2. The smallest absolute Gasteiger partial charge is 0.237 e. The van der Waals surface area contributed by atoms with Crippen LogP contribution in [0.2, 0.25) is 0 Å². The molecule has 4 nitrogen and oxygen atoms in total. The van der Waals surface area contributed by atoms with Crippen LogP contribution in [0.5, 0.6) is 0 Å². The lowest BCUT2D eigenvalue weighted by molar-refractivity contribution is -0.133. The second-order valence-electron chi connectivity index (χ2n) is 7.02. The van der Waals surface area contributed by atoms with Gasteiger partial charge in [0.05, 0.1) is 6.54 Å². The van der Waals surface area contributed by atoms with E-state index in [1.165, 1.54) is 11.6 Å². The molecule has 2 saturated heterocycles. The molecule has 0 radical (unpaired) electrons. The summed E-state index contributed by atoms with van der Waals surface area (Å²) in [5, 5.41) is 4.12. The Labute approximate surface area is 167 Å². The number of thioether (sulfide) groups is 1. The first kappa shape index (κ1) is 18.9. The van der Waals surface area contributed by atoms with Gasteiger partial charge in [-0.2, -0.15) is 11.3 Å². The lowest BCUT2D eigenvalue weighted by Crippen LogP contribution is -2.49. The minimum absolute atomic E-state index is 0.111. The molecule has 7 heteroatoms. The quantitative estimate of drug-likeness (QED) is 0.763. The fourth-order valence-corrected chi connectivity index (χ4v) is 5.65. The Kier molecular flexibility index (Phi) is 6.12. The van der Waals surface area contributed by atoms with Crippen LogP contribution in [0.3, 0.4) is 0 Å². The topological polar surface area (TPSA) is 26.8 Å². The van der Waals surface area contributed by atoms with Gasteiger partial charge in [0, 0.05) is 50.6 Å². The van der Waals surface area contributed by atoms with E-state index in [9.17, 15) is 9.18 Å². The van der Waals surface area contributed by atoms with Crippen LogP contribution in [0.1, 0.15) is 16.5 Å². The molecule has 0 unspecified atom stereocenters. The predicted molar refractivity (Wildman–Crippen MR) is 109 cm³/mol. The van der Waals surface area contributed by atoms with E-state index in [0.717, 1.165) is 38.5 Å². The minimum atomic E-state index is -0.225. The molecule has 27 heavy (non-hydrogen) atoms. The van der Waals surface area contributed by atoms with E-state index < -0.39 is 0 Å². The first-order valence-corrected chi connectivity index (χ1v) is 11.3. The Morgan fingerprint density at radius 3 is 2.59 bits per heavy atom. The Morgan fingerprint density at radius 1 is 1.07 bits per heavy atom. The minimum Gasteiger partial charge on any atom is -0.325 e. The SMILES string of the molecule is O=C(CN1CCN(Cc2ccsc2)CC1)N1CCS[C@@H]1c1ccccc1F. The summed E-state index contributed by atoms with van der Waals surface area (Å²) in [5.41, 5.74) is 1.99. The third-order valence-corrected chi connectivity index (χ3v) is 7.17. The van der Waals surface area contributed by atoms with E-state index >= 15 is 0 Å². The Hall–Kier alpha value is -1.41. The molecule has 1 aromatic carbocycles. The Morgan fingerprint density at radius 2 is 1.85 bits per heavy atom. The fourth-order valence-electron chi connectivity index (χ4n) is 3.69. The molecular weight excluding hydrogens is 381 g/mol. The average molecular weight is 406 g/mol. The number of hydrogen-bond acceptors (Lipinski definition) is 5. The number of amides is 1. The van der Waals surface area contributed by atoms with E-state index in [1.807, 2.05) is 11.0 Å². The largest absolute Gasteiger partial charge is 0.325 e. The van der Waals surface area contributed by atoms with Crippen molar-refractivity contribution in [3.8, 4) is 0 Å². The van der Waals surface area contributed by atoms with Gasteiger partial charge in [-0.15, -0.1) is 11.8 Å². The summed E-state index contributed by atoms with van der Waals surface area (Å²) in [5.74, 6) is 0.746. The Bertz CT molecular complexity index is 762. The third kappa shape index (κ3) is 4.54. The normalized spacial score (nSPS) is 21.7. The fraction of sp³-hybridized carbons (Fsp3) is 0.450. The van der Waals surface area contributed by atoms with E-state index in [1.54, 1.807) is 35.2 Å². The molecule has 0 bridgehead atoms. The summed E-state index contributed by atoms with van der Waals surface area (Å²) < 4.78 is 14.2. The van der Waals surface area contributed by atoms with E-state index in [-0.39, 0.29) is 17.1 Å². The number of benzene rings is 1. The van der Waals surface area contributed by atoms with Crippen molar-refractivity contribution in [2.24, 2.45) is 0 Å². The van der Waals surface area contributed by atoms with Gasteiger partial charge in [-0.25, -0.2) is 4.39 Å². The van der Waals surface area contributed by atoms with E-state index in [0.29, 0.717) is 18.7 Å². The molecule has 0 spiro atoms. The predicted octanol–water partition coefficient (Wildman–Crippen LogP) is 3.28. The molecular formula is C20H24FN3OS2. The second kappa shape index (κ2) is 8.73. The summed E-state index contributed by atoms with van der Waals surface area (Å²) in [7, 11) is 0. The van der Waals surface area contributed by atoms with E-state index in [2.05, 4.69) is 26.6 Å². The third-order valence-electron chi connectivity index (χ3n) is 5.19. The van der Waals surface area contributed by atoms with Crippen molar-refractivity contribution in [1.82, 2.24) is 14.7 Å². The van der Waals surface area contributed by atoms with Gasteiger partial charge in [0.1, 0.15) is 11.2 Å². The zero-order valence-electron chi connectivity index (χ0n) is 15.2. The molecule has 1 atom stereocenters. The summed E-state index contributed by atoms with van der Waals surface area (Å²) >= 11 is 3.38. The van der Waals surface area contributed by atoms with Crippen molar-refractivity contribution in [2.45, 2.75) is 11.9 Å². The van der Waals surface area contributed by atoms with Gasteiger partial charge >= 0.3 is 0 Å². The van der Waals surface area contributed by atoms with Gasteiger partial charge in [0.15, 0.2) is 0 Å². The summed E-state index contributed by atoms with van der Waals surface area (Å²) in [6.45, 7) is 5.88. The van der Waals surface area contributed by atoms with Crippen molar-refractivity contribution >= 4 is 29.0 Å². The van der Waals surface area contributed by atoms with Gasteiger partial charge < -0.3 is 4.90 Å². The van der Waals surface area contributed by atoms with Gasteiger partial charge in [0.25, 0.3) is 0 Å². The summed E-state index contributed by atoms with van der Waals surface area (Å²) in [6.07, 6.45) is 0. The Balaban J connectivity index is 1.31. The number of nitrogens with zero attached hydrogens (tertiary/aromatic N) is 3. The van der Waals surface area contributed by atoms with Gasteiger partial charge in [0.2, 0.25) is 5.91 Å². The molecule has 4 rings (SSSR count). The van der Waals surface area contributed by atoms with Crippen LogP contribution in [0.25, 0.3) is 0 Å². The van der Waals surface area contributed by atoms with Gasteiger partial charge in [-0.1, -0.05) is 18.2 Å². The molecule has 0 aliphatic carbocycles. The lowest BCUT2D eigenvalue weighted by atomic mass is 10.2. The van der Waals surface area contributed by atoms with E-state index in [4.69, 9.17) is 0 Å². The summed E-state index contributed by atoms with van der Waals surface area (Å²) in [6, 6.07) is 8.98. The van der Waals surface area contributed by atoms with Crippen LogP contribution >= 0.6 is 23.1 Å². The molecule has 2 fully saturated rings. The zero-order valence-corrected chi connectivity index (χ0v) is 16.9. The van der Waals surface area contributed by atoms with Gasteiger partial charge in [-0.05, 0) is 28.5 Å². The highest BCUT2D eigenvalue weighted by Gasteiger charge is 2.33. The molecule has 1 amide bonds. The molecule has 0 saturated carbocycles. The number of hydrogen-bond donors (Lipinski definition) is 0. The number of piperazine rings is 1. The van der Waals surface area contributed by atoms with Crippen molar-refractivity contribution in [2.75, 3.05) is 45.0 Å². The van der Waals surface area contributed by atoms with Crippen LogP contribution in [0.15, 0.2) is 41.1 Å². The average Bonchev–Trinajstić information content (AvgIpc) is 3.35.